The Hall–Kier alpha value is -1.90. The van der Waals surface area contributed by atoms with Crippen molar-refractivity contribution in [2.75, 3.05) is 6.26 Å². The lowest BCUT2D eigenvalue weighted by atomic mass is 9.95. The minimum atomic E-state index is -4.36. The van der Waals surface area contributed by atoms with Crippen molar-refractivity contribution in [2.45, 2.75) is 37.1 Å². The highest BCUT2D eigenvalue weighted by atomic mass is 32.2. The number of nitrogens with zero attached hydrogens (tertiary/aromatic N) is 3. The number of alkyl halides is 3. The molecule has 0 aliphatic rings. The van der Waals surface area contributed by atoms with E-state index in [1.165, 1.54) is 23.1 Å². The van der Waals surface area contributed by atoms with Crippen molar-refractivity contribution in [2.24, 2.45) is 0 Å². The number of aromatic nitrogens is 3. The zero-order valence-electron chi connectivity index (χ0n) is 12.6. The fourth-order valence-electron chi connectivity index (χ4n) is 2.18. The van der Waals surface area contributed by atoms with Crippen molar-refractivity contribution in [3.63, 3.8) is 0 Å². The van der Waals surface area contributed by atoms with Crippen molar-refractivity contribution in [3.05, 3.63) is 41.7 Å². The Morgan fingerprint density at radius 1 is 1.22 bits per heavy atom. The molecule has 1 heterocycles. The second kappa shape index (κ2) is 6.31. The minimum absolute atomic E-state index is 0.0913. The standard InChI is InChI=1S/C14H16F3N3O2S/c1-3-10(8-20-9-18-13(19-20)23(2,21)22)11-4-6-12(7-5-11)14(15,16)17/h4-7,9-10H,3,8H2,1-2H3. The summed E-state index contributed by atoms with van der Waals surface area (Å²) in [5.74, 6) is -0.0913. The van der Waals surface area contributed by atoms with E-state index in [0.29, 0.717) is 13.0 Å². The fourth-order valence-corrected chi connectivity index (χ4v) is 2.67. The van der Waals surface area contributed by atoms with E-state index in [1.54, 1.807) is 0 Å². The Morgan fingerprint density at radius 3 is 2.26 bits per heavy atom. The molecule has 1 atom stereocenters. The number of hydrogen-bond acceptors (Lipinski definition) is 4. The average molecular weight is 347 g/mol. The smallest absolute Gasteiger partial charge is 0.251 e. The summed E-state index contributed by atoms with van der Waals surface area (Å²) < 4.78 is 61.9. The third kappa shape index (κ3) is 4.31. The third-order valence-electron chi connectivity index (χ3n) is 3.46. The Labute approximate surface area is 132 Å². The van der Waals surface area contributed by atoms with Crippen LogP contribution in [0.3, 0.4) is 0 Å². The van der Waals surface area contributed by atoms with Crippen LogP contribution in [0, 0.1) is 0 Å². The number of benzene rings is 1. The third-order valence-corrected chi connectivity index (χ3v) is 4.31. The summed E-state index contributed by atoms with van der Waals surface area (Å²) in [5, 5.41) is 3.63. The summed E-state index contributed by atoms with van der Waals surface area (Å²) >= 11 is 0. The van der Waals surface area contributed by atoms with Crippen LogP contribution in [-0.4, -0.2) is 29.4 Å². The molecule has 2 aromatic rings. The first-order chi connectivity index (χ1) is 10.6. The minimum Gasteiger partial charge on any atom is -0.251 e. The van der Waals surface area contributed by atoms with E-state index in [2.05, 4.69) is 10.1 Å². The molecule has 1 aromatic heterocycles. The molecule has 23 heavy (non-hydrogen) atoms. The summed E-state index contributed by atoms with van der Waals surface area (Å²) in [6.07, 6.45) is -1.38. The van der Waals surface area contributed by atoms with Crippen molar-refractivity contribution >= 4 is 9.84 Å². The first-order valence-electron chi connectivity index (χ1n) is 6.88. The van der Waals surface area contributed by atoms with Crippen molar-refractivity contribution in [1.29, 1.82) is 0 Å². The zero-order chi connectivity index (χ0) is 17.3. The largest absolute Gasteiger partial charge is 0.416 e. The van der Waals surface area contributed by atoms with Crippen LogP contribution in [0.25, 0.3) is 0 Å². The van der Waals surface area contributed by atoms with Gasteiger partial charge < -0.3 is 0 Å². The molecule has 1 aromatic carbocycles. The van der Waals surface area contributed by atoms with Crippen LogP contribution >= 0.6 is 0 Å². The maximum absolute atomic E-state index is 12.6. The van der Waals surface area contributed by atoms with Gasteiger partial charge in [0, 0.05) is 18.7 Å². The van der Waals surface area contributed by atoms with Gasteiger partial charge >= 0.3 is 6.18 Å². The normalized spacial score (nSPS) is 14.0. The van der Waals surface area contributed by atoms with Gasteiger partial charge in [0.05, 0.1) is 5.56 Å². The monoisotopic (exact) mass is 347 g/mol. The molecule has 0 aliphatic heterocycles. The highest BCUT2D eigenvalue weighted by Gasteiger charge is 2.30. The lowest BCUT2D eigenvalue weighted by Gasteiger charge is -2.16. The summed E-state index contributed by atoms with van der Waals surface area (Å²) in [5.41, 5.74) is 0.0353. The van der Waals surface area contributed by atoms with Gasteiger partial charge in [0.2, 0.25) is 9.84 Å². The van der Waals surface area contributed by atoms with E-state index >= 15 is 0 Å². The topological polar surface area (TPSA) is 64.8 Å². The maximum Gasteiger partial charge on any atom is 0.416 e. The van der Waals surface area contributed by atoms with Gasteiger partial charge in [0.25, 0.3) is 5.16 Å². The average Bonchev–Trinajstić information content (AvgIpc) is 2.92. The van der Waals surface area contributed by atoms with E-state index in [1.807, 2.05) is 6.92 Å². The number of halogens is 3. The maximum atomic E-state index is 12.6. The molecule has 0 amide bonds. The van der Waals surface area contributed by atoms with Crippen LogP contribution in [0.15, 0.2) is 35.7 Å². The van der Waals surface area contributed by atoms with Crippen molar-refractivity contribution in [1.82, 2.24) is 14.8 Å². The van der Waals surface area contributed by atoms with Crippen LogP contribution in [0.1, 0.15) is 30.4 Å². The van der Waals surface area contributed by atoms with E-state index in [4.69, 9.17) is 0 Å². The van der Waals surface area contributed by atoms with Gasteiger partial charge in [-0.15, -0.1) is 5.10 Å². The summed E-state index contributed by atoms with van der Waals surface area (Å²) in [6.45, 7) is 2.24. The van der Waals surface area contributed by atoms with Gasteiger partial charge in [-0.1, -0.05) is 19.1 Å². The second-order valence-electron chi connectivity index (χ2n) is 5.25. The highest BCUT2D eigenvalue weighted by Crippen LogP contribution is 2.31. The zero-order valence-corrected chi connectivity index (χ0v) is 13.4. The Bertz CT molecular complexity index is 767. The van der Waals surface area contributed by atoms with Crippen molar-refractivity contribution < 1.29 is 21.6 Å². The van der Waals surface area contributed by atoms with E-state index in [9.17, 15) is 21.6 Å². The number of hydrogen-bond donors (Lipinski definition) is 0. The Kier molecular flexibility index (Phi) is 4.79. The molecule has 1 unspecified atom stereocenters. The van der Waals surface area contributed by atoms with Crippen molar-refractivity contribution in [3.8, 4) is 0 Å². The van der Waals surface area contributed by atoms with Gasteiger partial charge in [0.1, 0.15) is 6.33 Å². The van der Waals surface area contributed by atoms with E-state index < -0.39 is 21.6 Å². The van der Waals surface area contributed by atoms with Crippen LogP contribution in [0.4, 0.5) is 13.2 Å². The second-order valence-corrected chi connectivity index (χ2v) is 7.16. The molecule has 0 N–H and O–H groups in total. The van der Waals surface area contributed by atoms with Crippen LogP contribution in [0.2, 0.25) is 0 Å². The predicted octanol–water partition coefficient (Wildman–Crippen LogP) is 2.89. The number of rotatable bonds is 5. The molecule has 0 spiro atoms. The molecule has 5 nitrogen and oxygen atoms in total. The molecular weight excluding hydrogens is 331 g/mol. The van der Waals surface area contributed by atoms with E-state index in [-0.39, 0.29) is 11.1 Å². The van der Waals surface area contributed by atoms with Gasteiger partial charge in [-0.3, -0.25) is 4.68 Å². The first kappa shape index (κ1) is 17.5. The molecule has 2 rings (SSSR count). The quantitative estimate of drug-likeness (QED) is 0.834. The molecule has 126 valence electrons. The molecule has 0 saturated carbocycles. The molecule has 0 saturated heterocycles. The summed E-state index contributed by atoms with van der Waals surface area (Å²) in [7, 11) is -3.48. The molecule has 0 radical (unpaired) electrons. The predicted molar refractivity (Wildman–Crippen MR) is 77.6 cm³/mol. The van der Waals surface area contributed by atoms with Crippen LogP contribution in [-0.2, 0) is 22.6 Å². The number of sulfone groups is 1. The van der Waals surface area contributed by atoms with Crippen LogP contribution in [0.5, 0.6) is 0 Å². The SMILES string of the molecule is CCC(Cn1cnc(S(C)(=O)=O)n1)c1ccc(C(F)(F)F)cc1. The fraction of sp³-hybridized carbons (Fsp3) is 0.429. The molecule has 0 aliphatic carbocycles. The Morgan fingerprint density at radius 2 is 1.83 bits per heavy atom. The molecule has 0 bridgehead atoms. The molecule has 0 fully saturated rings. The van der Waals surface area contributed by atoms with Gasteiger partial charge in [-0.2, -0.15) is 13.2 Å². The van der Waals surface area contributed by atoms with E-state index in [0.717, 1.165) is 24.0 Å². The van der Waals surface area contributed by atoms with Gasteiger partial charge in [-0.25, -0.2) is 13.4 Å². The first-order valence-corrected chi connectivity index (χ1v) is 8.77. The van der Waals surface area contributed by atoms with Gasteiger partial charge in [-0.05, 0) is 24.1 Å². The summed E-state index contributed by atoms with van der Waals surface area (Å²) in [6, 6.07) is 4.96. The lowest BCUT2D eigenvalue weighted by molar-refractivity contribution is -0.137. The van der Waals surface area contributed by atoms with Gasteiger partial charge in [0.15, 0.2) is 0 Å². The van der Waals surface area contributed by atoms with Crippen LogP contribution < -0.4 is 0 Å². The molecule has 9 heteroatoms. The lowest BCUT2D eigenvalue weighted by Crippen LogP contribution is -2.11. The molecular formula is C14H16F3N3O2S. The Balaban J connectivity index is 2.18. The summed E-state index contributed by atoms with van der Waals surface area (Å²) in [4.78, 5) is 3.73. The highest BCUT2D eigenvalue weighted by molar-refractivity contribution is 7.90.